The van der Waals surface area contributed by atoms with E-state index in [0.29, 0.717) is 12.5 Å². The van der Waals surface area contributed by atoms with Gasteiger partial charge in [-0.15, -0.1) is 0 Å². The predicted molar refractivity (Wildman–Crippen MR) is 205 cm³/mol. The van der Waals surface area contributed by atoms with Crippen LogP contribution in [0.15, 0.2) is 11.6 Å². The summed E-state index contributed by atoms with van der Waals surface area (Å²) in [4.78, 5) is 25.8. The van der Waals surface area contributed by atoms with E-state index in [1.165, 1.54) is 6.29 Å². The van der Waals surface area contributed by atoms with E-state index >= 15 is 0 Å². The molecule has 9 nitrogen and oxygen atoms in total. The Bertz CT molecular complexity index is 1340. The maximum Gasteiger partial charge on any atom is 0.331 e. The van der Waals surface area contributed by atoms with Gasteiger partial charge >= 0.3 is 5.97 Å². The summed E-state index contributed by atoms with van der Waals surface area (Å²) in [6.45, 7) is 25.0. The van der Waals surface area contributed by atoms with Crippen LogP contribution in [0.4, 0.5) is 0 Å². The molecule has 6 rings (SSSR count). The monoisotopic (exact) mass is 764 g/mol. The lowest BCUT2D eigenvalue weighted by Crippen LogP contribution is -2.66. The molecule has 0 N–H and O–H groups in total. The van der Waals surface area contributed by atoms with Gasteiger partial charge in [-0.3, -0.25) is 0 Å². The average Bonchev–Trinajstić information content (AvgIpc) is 3.57. The van der Waals surface area contributed by atoms with Gasteiger partial charge in [0.25, 0.3) is 0 Å². The van der Waals surface area contributed by atoms with Crippen LogP contribution in [-0.4, -0.2) is 93.3 Å². The summed E-state index contributed by atoms with van der Waals surface area (Å²) < 4.78 is 46.2. The summed E-state index contributed by atoms with van der Waals surface area (Å²) in [6.07, 6.45) is 9.91. The van der Waals surface area contributed by atoms with Crippen LogP contribution in [0.2, 0.25) is 58.9 Å². The lowest BCUT2D eigenvalue weighted by molar-refractivity contribution is -0.306. The molecule has 290 valence electrons. The Morgan fingerprint density at radius 1 is 0.824 bits per heavy atom. The zero-order valence-corrected chi connectivity index (χ0v) is 36.7. The third-order valence-electron chi connectivity index (χ3n) is 13.5. The summed E-state index contributed by atoms with van der Waals surface area (Å²) in [5.41, 5.74) is 0.358. The van der Waals surface area contributed by atoms with E-state index in [2.05, 4.69) is 72.8 Å². The highest BCUT2D eigenvalue weighted by Gasteiger charge is 2.70. The number of aldehydes is 1. The zero-order valence-electron chi connectivity index (χ0n) is 33.7. The first kappa shape index (κ1) is 40.0. The highest BCUT2D eigenvalue weighted by Crippen LogP contribution is 2.71. The van der Waals surface area contributed by atoms with Crippen molar-refractivity contribution in [3.63, 3.8) is 0 Å². The smallest absolute Gasteiger partial charge is 0.331 e. The Labute approximate surface area is 311 Å². The Morgan fingerprint density at radius 2 is 1.51 bits per heavy atom. The van der Waals surface area contributed by atoms with Crippen LogP contribution in [0.25, 0.3) is 0 Å². The fraction of sp³-hybridized carbons (Fsp3) is 0.897. The molecule has 6 aliphatic rings. The largest absolute Gasteiger partial charge is 0.458 e. The van der Waals surface area contributed by atoms with E-state index in [4.69, 9.17) is 32.2 Å². The molecule has 5 fully saturated rings. The van der Waals surface area contributed by atoms with Crippen molar-refractivity contribution in [2.75, 3.05) is 13.7 Å². The second-order valence-electron chi connectivity index (χ2n) is 20.0. The topological polar surface area (TPSA) is 98.8 Å². The van der Waals surface area contributed by atoms with Crippen molar-refractivity contribution in [3.05, 3.63) is 11.6 Å². The van der Waals surface area contributed by atoms with Crippen molar-refractivity contribution >= 4 is 37.2 Å². The van der Waals surface area contributed by atoms with Gasteiger partial charge in [0, 0.05) is 24.0 Å². The molecule has 0 bridgehead atoms. The number of carbonyl (C=O) groups excluding carboxylic acids is 2. The third-order valence-corrected chi connectivity index (χ3v) is 16.4. The van der Waals surface area contributed by atoms with E-state index in [0.717, 1.165) is 63.4 Å². The second-order valence-corrected chi connectivity index (χ2v) is 33.4. The van der Waals surface area contributed by atoms with Gasteiger partial charge in [-0.1, -0.05) is 6.92 Å². The number of ether oxygens (including phenoxy) is 4. The van der Waals surface area contributed by atoms with Crippen molar-refractivity contribution in [2.24, 2.45) is 34.5 Å². The lowest BCUT2D eigenvalue weighted by atomic mass is 9.43. The minimum atomic E-state index is -2.01. The molecule has 7 unspecified atom stereocenters. The van der Waals surface area contributed by atoms with E-state index < -0.39 is 37.3 Å². The van der Waals surface area contributed by atoms with Crippen LogP contribution in [0, 0.1) is 34.5 Å². The molecular formula is C39H68O9Si3. The summed E-state index contributed by atoms with van der Waals surface area (Å²) in [5.74, 6) is 0.899. The van der Waals surface area contributed by atoms with Crippen LogP contribution in [0.5, 0.6) is 0 Å². The number of cyclic esters (lactones) is 1. The third kappa shape index (κ3) is 7.49. The van der Waals surface area contributed by atoms with Gasteiger partial charge in [0.15, 0.2) is 31.2 Å². The molecular weight excluding hydrogens is 697 g/mol. The first-order valence-corrected chi connectivity index (χ1v) is 30.1. The number of hydrogen-bond acceptors (Lipinski definition) is 9. The molecule has 0 radical (unpaired) electrons. The predicted octanol–water partition coefficient (Wildman–Crippen LogP) is 7.87. The molecule has 0 aromatic rings. The second kappa shape index (κ2) is 14.1. The lowest BCUT2D eigenvalue weighted by Gasteiger charge is -2.65. The maximum atomic E-state index is 13.6. The molecule has 0 amide bonds. The number of hydrogen-bond donors (Lipinski definition) is 0. The molecule has 4 aliphatic carbocycles. The molecule has 0 spiro atoms. The van der Waals surface area contributed by atoms with Gasteiger partial charge in [-0.05, 0) is 153 Å². The number of rotatable bonds is 11. The number of carbonyl (C=O) groups is 2. The minimum Gasteiger partial charge on any atom is -0.458 e. The van der Waals surface area contributed by atoms with Crippen LogP contribution in [0.3, 0.4) is 0 Å². The molecule has 0 aromatic heterocycles. The van der Waals surface area contributed by atoms with Crippen LogP contribution < -0.4 is 0 Å². The SMILES string of the molecule is COC1C(O[Si](C)(C)C)C(C)OC(OC2CC[C@@]3(C=O)C(CC[C@@H]4[C@@H]3CC[C@]3(C)[C@@H](C5=CC(=O)OC5)CC[C@]43O[Si](C)(C)C)C2)C1O[Si](C)(C)C. The highest BCUT2D eigenvalue weighted by atomic mass is 28.4. The Kier molecular flexibility index (Phi) is 11.0. The fourth-order valence-corrected chi connectivity index (χ4v) is 15.6. The molecule has 13 atom stereocenters. The molecule has 2 aliphatic heterocycles. The maximum absolute atomic E-state index is 13.6. The van der Waals surface area contributed by atoms with Crippen LogP contribution in [0.1, 0.15) is 71.6 Å². The number of fused-ring (bicyclic) bond motifs is 5. The quantitative estimate of drug-likeness (QED) is 0.0902. The van der Waals surface area contributed by atoms with Gasteiger partial charge < -0.3 is 37.0 Å². The van der Waals surface area contributed by atoms with Crippen LogP contribution >= 0.6 is 0 Å². The molecule has 1 saturated heterocycles. The Morgan fingerprint density at radius 3 is 2.10 bits per heavy atom. The summed E-state index contributed by atoms with van der Waals surface area (Å²) in [5, 5.41) is 0. The van der Waals surface area contributed by atoms with Crippen molar-refractivity contribution in [2.45, 2.75) is 173 Å². The van der Waals surface area contributed by atoms with Crippen molar-refractivity contribution in [3.8, 4) is 0 Å². The van der Waals surface area contributed by atoms with E-state index in [1.54, 1.807) is 13.2 Å². The number of esters is 1. The molecule has 51 heavy (non-hydrogen) atoms. The highest BCUT2D eigenvalue weighted by molar-refractivity contribution is 6.70. The van der Waals surface area contributed by atoms with E-state index in [-0.39, 0.29) is 64.6 Å². The standard InChI is InChI=1S/C39H68O9Si3/c1-25-33(46-49(4,5)6)34(42-3)35(47-50(7,8)9)36(44-25)45-28-15-19-38(24-40)27(22-28)13-14-31-30(38)16-18-37(2)29(26-21-32(41)43-23-26)17-20-39(31,37)48-51(10,11)12/h21,24-25,27-31,33-36H,13-20,22-23H2,1-12H3/t25?,27?,28?,29-,30+,31-,33?,34?,35?,36?,37-,38-,39+/m1/s1. The first-order chi connectivity index (χ1) is 23.7. The summed E-state index contributed by atoms with van der Waals surface area (Å²) >= 11 is 0. The zero-order chi connectivity index (χ0) is 37.4. The molecule has 2 heterocycles. The molecule has 12 heteroatoms. The van der Waals surface area contributed by atoms with Gasteiger partial charge in [0.1, 0.15) is 25.1 Å². The Balaban J connectivity index is 1.24. The summed E-state index contributed by atoms with van der Waals surface area (Å²) in [6, 6.07) is 0. The van der Waals surface area contributed by atoms with Gasteiger partial charge in [-0.25, -0.2) is 4.79 Å². The van der Waals surface area contributed by atoms with E-state index in [9.17, 15) is 9.59 Å². The minimum absolute atomic E-state index is 0.0275. The normalized spacial score (nSPS) is 44.6. The fourth-order valence-electron chi connectivity index (χ4n) is 11.8. The number of methoxy groups -OCH3 is 1. The van der Waals surface area contributed by atoms with Gasteiger partial charge in [0.2, 0.25) is 0 Å². The van der Waals surface area contributed by atoms with Crippen molar-refractivity contribution in [1.82, 2.24) is 0 Å². The summed E-state index contributed by atoms with van der Waals surface area (Å²) in [7, 11) is -4.14. The van der Waals surface area contributed by atoms with Gasteiger partial charge in [-0.2, -0.15) is 0 Å². The first-order valence-electron chi connectivity index (χ1n) is 19.9. The Hall–Kier alpha value is -0.709. The van der Waals surface area contributed by atoms with Crippen molar-refractivity contribution in [1.29, 1.82) is 0 Å². The van der Waals surface area contributed by atoms with Crippen LogP contribution in [-0.2, 0) is 41.8 Å². The average molecular weight is 765 g/mol. The van der Waals surface area contributed by atoms with Gasteiger partial charge in [0.05, 0.1) is 23.9 Å². The molecule has 4 saturated carbocycles. The molecule has 0 aromatic carbocycles. The van der Waals surface area contributed by atoms with Crippen molar-refractivity contribution < 1.29 is 41.8 Å². The van der Waals surface area contributed by atoms with E-state index in [1.807, 2.05) is 0 Å².